The average molecular weight is 328 g/mol. The zero-order chi connectivity index (χ0) is 15.1. The number of halogens is 1. The van der Waals surface area contributed by atoms with Gasteiger partial charge in [0.1, 0.15) is 0 Å². The molecule has 2 aromatic heterocycles. The monoisotopic (exact) mass is 327 g/mol. The van der Waals surface area contributed by atoms with E-state index in [1.54, 1.807) is 11.3 Å². The van der Waals surface area contributed by atoms with Crippen molar-refractivity contribution in [3.63, 3.8) is 0 Å². The Hall–Kier alpha value is -1.91. The molecule has 0 unspecified atom stereocenters. The van der Waals surface area contributed by atoms with Gasteiger partial charge >= 0.3 is 0 Å². The first-order valence-corrected chi connectivity index (χ1v) is 8.48. The lowest BCUT2D eigenvalue weighted by Crippen LogP contribution is -1.98. The van der Waals surface area contributed by atoms with E-state index >= 15 is 0 Å². The molecule has 0 spiro atoms. The van der Waals surface area contributed by atoms with Gasteiger partial charge in [-0.3, -0.25) is 0 Å². The molecule has 4 aromatic rings. The van der Waals surface area contributed by atoms with Crippen LogP contribution in [0.2, 0.25) is 5.02 Å². The molecule has 0 aliphatic heterocycles. The number of benzene rings is 2. The number of thiazole rings is 1. The van der Waals surface area contributed by atoms with Gasteiger partial charge in [0.25, 0.3) is 0 Å². The Bertz CT molecular complexity index is 993. The zero-order valence-corrected chi connectivity index (χ0v) is 13.6. The summed E-state index contributed by atoms with van der Waals surface area (Å²) in [5.74, 6) is 0. The van der Waals surface area contributed by atoms with Crippen molar-refractivity contribution in [2.45, 2.75) is 13.3 Å². The van der Waals surface area contributed by atoms with Gasteiger partial charge < -0.3 is 5.32 Å². The predicted molar refractivity (Wildman–Crippen MR) is 96.2 cm³/mol. The third-order valence-electron chi connectivity index (χ3n) is 3.66. The van der Waals surface area contributed by atoms with Gasteiger partial charge in [0.05, 0.1) is 26.3 Å². The molecular formula is C17H14ClN3S. The van der Waals surface area contributed by atoms with Crippen LogP contribution in [-0.4, -0.2) is 16.5 Å². The van der Waals surface area contributed by atoms with E-state index in [1.807, 2.05) is 36.4 Å². The molecule has 0 saturated heterocycles. The smallest absolute Gasteiger partial charge is 0.183 e. The second-order valence-corrected chi connectivity index (χ2v) is 6.57. The summed E-state index contributed by atoms with van der Waals surface area (Å²) in [6.45, 7) is 3.06. The number of fused-ring (bicyclic) bond motifs is 4. The minimum absolute atomic E-state index is 0.761. The van der Waals surface area contributed by atoms with Gasteiger partial charge in [-0.05, 0) is 24.6 Å². The molecule has 4 rings (SSSR count). The molecule has 0 saturated carbocycles. The Balaban J connectivity index is 2.05. The highest BCUT2D eigenvalue weighted by atomic mass is 35.5. The molecule has 0 aliphatic rings. The lowest BCUT2D eigenvalue weighted by atomic mass is 10.1. The van der Waals surface area contributed by atoms with E-state index in [0.29, 0.717) is 0 Å². The number of hydrogen-bond acceptors (Lipinski definition) is 4. The fourth-order valence-corrected chi connectivity index (χ4v) is 4.06. The Morgan fingerprint density at radius 2 is 1.86 bits per heavy atom. The molecule has 0 aliphatic carbocycles. The molecule has 0 bridgehead atoms. The molecule has 1 N–H and O–H groups in total. The second kappa shape index (κ2) is 5.38. The molecule has 2 heterocycles. The lowest BCUT2D eigenvalue weighted by Gasteiger charge is -2.05. The van der Waals surface area contributed by atoms with Crippen LogP contribution in [0.4, 0.5) is 5.13 Å². The number of anilines is 1. The summed E-state index contributed by atoms with van der Waals surface area (Å²) in [4.78, 5) is 9.38. The van der Waals surface area contributed by atoms with Crippen molar-refractivity contribution in [3.8, 4) is 0 Å². The van der Waals surface area contributed by atoms with Crippen LogP contribution in [-0.2, 0) is 0 Å². The van der Waals surface area contributed by atoms with Crippen LogP contribution in [0.1, 0.15) is 13.3 Å². The maximum Gasteiger partial charge on any atom is 0.183 e. The Kier molecular flexibility index (Phi) is 3.36. The van der Waals surface area contributed by atoms with E-state index in [-0.39, 0.29) is 0 Å². The lowest BCUT2D eigenvalue weighted by molar-refractivity contribution is 0.977. The molecule has 5 heteroatoms. The third-order valence-corrected chi connectivity index (χ3v) is 5.10. The van der Waals surface area contributed by atoms with E-state index < -0.39 is 0 Å². The van der Waals surface area contributed by atoms with Crippen molar-refractivity contribution in [3.05, 3.63) is 41.4 Å². The highest BCUT2D eigenvalue weighted by Crippen LogP contribution is 2.38. The Morgan fingerprint density at radius 3 is 2.73 bits per heavy atom. The van der Waals surface area contributed by atoms with Gasteiger partial charge in [0, 0.05) is 17.3 Å². The molecular weight excluding hydrogens is 314 g/mol. The van der Waals surface area contributed by atoms with E-state index in [4.69, 9.17) is 16.6 Å². The van der Waals surface area contributed by atoms with Crippen LogP contribution < -0.4 is 5.32 Å². The maximum atomic E-state index is 6.69. The molecule has 3 nitrogen and oxygen atoms in total. The van der Waals surface area contributed by atoms with Gasteiger partial charge in [-0.15, -0.1) is 0 Å². The topological polar surface area (TPSA) is 37.8 Å². The number of aromatic nitrogens is 2. The molecule has 110 valence electrons. The number of para-hydroxylation sites is 1. The molecule has 0 atom stereocenters. The van der Waals surface area contributed by atoms with Crippen molar-refractivity contribution in [2.24, 2.45) is 0 Å². The number of rotatable bonds is 3. The molecule has 2 aromatic carbocycles. The molecule has 0 amide bonds. The highest BCUT2D eigenvalue weighted by molar-refractivity contribution is 7.23. The summed E-state index contributed by atoms with van der Waals surface area (Å²) in [6.07, 6.45) is 1.07. The average Bonchev–Trinajstić information content (AvgIpc) is 2.96. The quantitative estimate of drug-likeness (QED) is 0.507. The van der Waals surface area contributed by atoms with Crippen molar-refractivity contribution in [2.75, 3.05) is 11.9 Å². The van der Waals surface area contributed by atoms with Gasteiger partial charge in [0.15, 0.2) is 5.13 Å². The predicted octanol–water partition coefficient (Wildman–Crippen LogP) is 5.47. The third kappa shape index (κ3) is 2.11. The van der Waals surface area contributed by atoms with Crippen LogP contribution in [0.3, 0.4) is 0 Å². The summed E-state index contributed by atoms with van der Waals surface area (Å²) < 4.78 is 1.10. The summed E-state index contributed by atoms with van der Waals surface area (Å²) in [5.41, 5.74) is 2.81. The van der Waals surface area contributed by atoms with Gasteiger partial charge in [-0.1, -0.05) is 48.1 Å². The summed E-state index contributed by atoms with van der Waals surface area (Å²) in [6, 6.07) is 12.0. The van der Waals surface area contributed by atoms with Crippen LogP contribution in [0.25, 0.3) is 32.0 Å². The van der Waals surface area contributed by atoms with Crippen LogP contribution >= 0.6 is 22.9 Å². The maximum absolute atomic E-state index is 6.69. The minimum Gasteiger partial charge on any atom is -0.361 e. The largest absolute Gasteiger partial charge is 0.361 e. The zero-order valence-electron chi connectivity index (χ0n) is 12.1. The SMILES string of the molecule is CCCNc1nc2ccc3nc4ccccc4c(Cl)c3c2s1. The first kappa shape index (κ1) is 13.7. The summed E-state index contributed by atoms with van der Waals surface area (Å²) in [5, 5.41) is 7.04. The molecule has 0 fully saturated rings. The minimum atomic E-state index is 0.761. The van der Waals surface area contributed by atoms with Crippen LogP contribution in [0, 0.1) is 0 Å². The highest BCUT2D eigenvalue weighted by Gasteiger charge is 2.13. The van der Waals surface area contributed by atoms with E-state index in [2.05, 4.69) is 17.2 Å². The van der Waals surface area contributed by atoms with Crippen LogP contribution in [0.15, 0.2) is 36.4 Å². The second-order valence-electron chi connectivity index (χ2n) is 5.20. The Morgan fingerprint density at radius 1 is 1.05 bits per heavy atom. The van der Waals surface area contributed by atoms with Crippen molar-refractivity contribution >= 4 is 60.1 Å². The molecule has 22 heavy (non-hydrogen) atoms. The summed E-state index contributed by atoms with van der Waals surface area (Å²) >= 11 is 8.33. The van der Waals surface area contributed by atoms with E-state index in [9.17, 15) is 0 Å². The fraction of sp³-hybridized carbons (Fsp3) is 0.176. The van der Waals surface area contributed by atoms with Crippen molar-refractivity contribution < 1.29 is 0 Å². The number of nitrogens with zero attached hydrogens (tertiary/aromatic N) is 2. The van der Waals surface area contributed by atoms with Crippen molar-refractivity contribution in [1.82, 2.24) is 9.97 Å². The first-order valence-electron chi connectivity index (χ1n) is 7.29. The normalized spacial score (nSPS) is 11.5. The summed E-state index contributed by atoms with van der Waals surface area (Å²) in [7, 11) is 0. The first-order chi connectivity index (χ1) is 10.8. The van der Waals surface area contributed by atoms with Crippen LogP contribution in [0.5, 0.6) is 0 Å². The number of hydrogen-bond donors (Lipinski definition) is 1. The van der Waals surface area contributed by atoms with E-state index in [1.165, 1.54) is 0 Å². The Labute approximate surface area is 137 Å². The van der Waals surface area contributed by atoms with Gasteiger partial charge in [0.2, 0.25) is 0 Å². The van der Waals surface area contributed by atoms with Gasteiger partial charge in [-0.2, -0.15) is 0 Å². The van der Waals surface area contributed by atoms with Crippen molar-refractivity contribution in [1.29, 1.82) is 0 Å². The van der Waals surface area contributed by atoms with Gasteiger partial charge in [-0.25, -0.2) is 9.97 Å². The number of pyridine rings is 1. The fourth-order valence-electron chi connectivity index (χ4n) is 2.62. The number of nitrogens with one attached hydrogen (secondary N) is 1. The standard InChI is InChI=1S/C17H14ClN3S/c1-2-9-19-17-21-13-8-7-12-14(16(13)22-17)15(18)10-5-3-4-6-11(10)20-12/h3-8H,2,9H2,1H3,(H,19,21). The van der Waals surface area contributed by atoms with E-state index in [0.717, 1.165) is 55.1 Å². The molecule has 0 radical (unpaired) electrons.